The van der Waals surface area contributed by atoms with Crippen molar-refractivity contribution in [3.63, 3.8) is 0 Å². The zero-order chi connectivity index (χ0) is 20.3. The van der Waals surface area contributed by atoms with Crippen LogP contribution in [0.15, 0.2) is 46.9 Å². The van der Waals surface area contributed by atoms with Crippen molar-refractivity contribution < 1.29 is 28.2 Å². The van der Waals surface area contributed by atoms with E-state index in [4.69, 9.17) is 30.2 Å². The molecule has 1 unspecified atom stereocenters. The van der Waals surface area contributed by atoms with Gasteiger partial charge in [-0.15, -0.1) is 0 Å². The summed E-state index contributed by atoms with van der Waals surface area (Å²) in [6, 6.07) is 11.5. The lowest BCUT2D eigenvalue weighted by Gasteiger charge is -2.15. The lowest BCUT2D eigenvalue weighted by atomic mass is 10.2. The number of methoxy groups -OCH3 is 2. The van der Waals surface area contributed by atoms with Crippen LogP contribution >= 0.6 is 11.6 Å². The first-order chi connectivity index (χ1) is 13.4. The van der Waals surface area contributed by atoms with Crippen LogP contribution in [0.5, 0.6) is 11.5 Å². The van der Waals surface area contributed by atoms with E-state index in [-0.39, 0.29) is 5.76 Å². The van der Waals surface area contributed by atoms with Gasteiger partial charge in [-0.1, -0.05) is 11.6 Å². The number of furan rings is 1. The molecule has 1 heterocycles. The molecule has 0 fully saturated rings. The molecule has 1 amide bonds. The van der Waals surface area contributed by atoms with Crippen LogP contribution in [0.1, 0.15) is 17.5 Å². The Kier molecular flexibility index (Phi) is 5.75. The predicted molar refractivity (Wildman–Crippen MR) is 104 cm³/mol. The number of hydrogen-bond acceptors (Lipinski definition) is 6. The first kappa shape index (κ1) is 19.6. The third-order valence-corrected chi connectivity index (χ3v) is 4.23. The van der Waals surface area contributed by atoms with Crippen LogP contribution in [0.4, 0.5) is 5.69 Å². The first-order valence-corrected chi connectivity index (χ1v) is 8.72. The van der Waals surface area contributed by atoms with Crippen LogP contribution in [-0.4, -0.2) is 32.2 Å². The number of fused-ring (bicyclic) bond motifs is 1. The number of anilines is 1. The molecule has 7 nitrogen and oxygen atoms in total. The molecule has 0 aliphatic heterocycles. The number of amides is 1. The number of esters is 1. The summed E-state index contributed by atoms with van der Waals surface area (Å²) in [5.74, 6) is -0.314. The summed E-state index contributed by atoms with van der Waals surface area (Å²) in [5.41, 5.74) is 0.891. The number of halogens is 1. The Balaban J connectivity index is 1.70. The molecule has 1 aromatic heterocycles. The summed E-state index contributed by atoms with van der Waals surface area (Å²) in [6.45, 7) is 1.46. The molecule has 1 atom stereocenters. The summed E-state index contributed by atoms with van der Waals surface area (Å²) in [7, 11) is 2.99. The van der Waals surface area contributed by atoms with Gasteiger partial charge in [-0.3, -0.25) is 4.79 Å². The van der Waals surface area contributed by atoms with Gasteiger partial charge in [-0.2, -0.15) is 0 Å². The van der Waals surface area contributed by atoms with Crippen LogP contribution < -0.4 is 14.8 Å². The average molecular weight is 404 g/mol. The zero-order valence-electron chi connectivity index (χ0n) is 15.4. The van der Waals surface area contributed by atoms with Crippen molar-refractivity contribution in [3.05, 3.63) is 53.2 Å². The van der Waals surface area contributed by atoms with Crippen LogP contribution in [0.25, 0.3) is 11.0 Å². The Labute approximate surface area is 166 Å². The zero-order valence-corrected chi connectivity index (χ0v) is 16.2. The largest absolute Gasteiger partial charge is 0.497 e. The third kappa shape index (κ3) is 4.20. The second kappa shape index (κ2) is 8.22. The fourth-order valence-electron chi connectivity index (χ4n) is 2.53. The fourth-order valence-corrected chi connectivity index (χ4v) is 2.71. The van der Waals surface area contributed by atoms with Crippen molar-refractivity contribution in [2.24, 2.45) is 0 Å². The molecular weight excluding hydrogens is 386 g/mol. The maximum absolute atomic E-state index is 12.4. The van der Waals surface area contributed by atoms with Gasteiger partial charge in [0.25, 0.3) is 5.91 Å². The average Bonchev–Trinajstić information content (AvgIpc) is 3.11. The Bertz CT molecular complexity index is 1030. The minimum Gasteiger partial charge on any atom is -0.497 e. The van der Waals surface area contributed by atoms with E-state index in [1.54, 1.807) is 36.4 Å². The van der Waals surface area contributed by atoms with Crippen molar-refractivity contribution in [3.8, 4) is 11.5 Å². The third-order valence-electron chi connectivity index (χ3n) is 4.00. The Morgan fingerprint density at radius 1 is 1.07 bits per heavy atom. The lowest BCUT2D eigenvalue weighted by molar-refractivity contribution is -0.123. The molecule has 146 valence electrons. The van der Waals surface area contributed by atoms with E-state index in [2.05, 4.69) is 5.32 Å². The standard InChI is InChI=1S/C20H18ClNO6/c1-11(19(23)22-15-10-14(25-2)5-7-17(15)26-3)27-20(24)18-9-12-8-13(21)4-6-16(12)28-18/h4-11H,1-3H3,(H,22,23). The van der Waals surface area contributed by atoms with Crippen LogP contribution in [0.2, 0.25) is 5.02 Å². The molecule has 0 aliphatic rings. The highest BCUT2D eigenvalue weighted by atomic mass is 35.5. The van der Waals surface area contributed by atoms with Gasteiger partial charge in [0.05, 0.1) is 19.9 Å². The molecule has 2 aromatic carbocycles. The molecule has 28 heavy (non-hydrogen) atoms. The predicted octanol–water partition coefficient (Wildman–Crippen LogP) is 4.29. The van der Waals surface area contributed by atoms with E-state index in [9.17, 15) is 9.59 Å². The number of hydrogen-bond donors (Lipinski definition) is 1. The SMILES string of the molecule is COc1ccc(OC)c(NC(=O)C(C)OC(=O)c2cc3cc(Cl)ccc3o2)c1. The number of ether oxygens (including phenoxy) is 3. The molecule has 3 aromatic rings. The van der Waals surface area contributed by atoms with Crippen molar-refractivity contribution in [2.75, 3.05) is 19.5 Å². The van der Waals surface area contributed by atoms with Crippen molar-refractivity contribution >= 4 is 40.1 Å². The highest BCUT2D eigenvalue weighted by Crippen LogP contribution is 2.29. The van der Waals surface area contributed by atoms with Gasteiger partial charge in [0.1, 0.15) is 17.1 Å². The van der Waals surface area contributed by atoms with Gasteiger partial charge in [0.15, 0.2) is 6.10 Å². The molecular formula is C20H18ClNO6. The minimum atomic E-state index is -1.07. The number of benzene rings is 2. The number of nitrogens with one attached hydrogen (secondary N) is 1. The number of rotatable bonds is 6. The Hall–Kier alpha value is -3.19. The molecule has 3 rings (SSSR count). The number of carbonyl (C=O) groups is 2. The number of carbonyl (C=O) groups excluding carboxylic acids is 2. The van der Waals surface area contributed by atoms with Crippen LogP contribution in [0.3, 0.4) is 0 Å². The van der Waals surface area contributed by atoms with E-state index in [0.29, 0.717) is 33.2 Å². The van der Waals surface area contributed by atoms with Crippen molar-refractivity contribution in [2.45, 2.75) is 13.0 Å². The maximum atomic E-state index is 12.4. The van der Waals surface area contributed by atoms with E-state index >= 15 is 0 Å². The molecule has 0 saturated carbocycles. The second-order valence-corrected chi connectivity index (χ2v) is 6.33. The van der Waals surface area contributed by atoms with Gasteiger partial charge in [-0.25, -0.2) is 4.79 Å². The summed E-state index contributed by atoms with van der Waals surface area (Å²) in [5, 5.41) is 3.84. The summed E-state index contributed by atoms with van der Waals surface area (Å²) < 4.78 is 21.0. The fraction of sp³-hybridized carbons (Fsp3) is 0.200. The first-order valence-electron chi connectivity index (χ1n) is 8.34. The summed E-state index contributed by atoms with van der Waals surface area (Å²) in [6.07, 6.45) is -1.07. The highest BCUT2D eigenvalue weighted by Gasteiger charge is 2.22. The van der Waals surface area contributed by atoms with E-state index < -0.39 is 18.0 Å². The quantitative estimate of drug-likeness (QED) is 0.618. The lowest BCUT2D eigenvalue weighted by Crippen LogP contribution is -2.30. The molecule has 0 aliphatic carbocycles. The molecule has 0 bridgehead atoms. The van der Waals surface area contributed by atoms with Gasteiger partial charge >= 0.3 is 5.97 Å². The van der Waals surface area contributed by atoms with E-state index in [0.717, 1.165) is 0 Å². The molecule has 1 N–H and O–H groups in total. The smallest absolute Gasteiger partial charge is 0.375 e. The summed E-state index contributed by atoms with van der Waals surface area (Å²) in [4.78, 5) is 24.7. The van der Waals surface area contributed by atoms with Gasteiger partial charge in [0, 0.05) is 16.5 Å². The molecule has 0 radical (unpaired) electrons. The Morgan fingerprint density at radius 3 is 2.57 bits per heavy atom. The van der Waals surface area contributed by atoms with Gasteiger partial charge < -0.3 is 23.9 Å². The van der Waals surface area contributed by atoms with Crippen LogP contribution in [-0.2, 0) is 9.53 Å². The minimum absolute atomic E-state index is 0.0177. The summed E-state index contributed by atoms with van der Waals surface area (Å²) >= 11 is 5.93. The van der Waals surface area contributed by atoms with E-state index in [1.165, 1.54) is 27.2 Å². The Morgan fingerprint density at radius 2 is 1.86 bits per heavy atom. The second-order valence-electron chi connectivity index (χ2n) is 5.90. The van der Waals surface area contributed by atoms with Gasteiger partial charge in [-0.05, 0) is 43.3 Å². The highest BCUT2D eigenvalue weighted by molar-refractivity contribution is 6.31. The molecule has 0 spiro atoms. The van der Waals surface area contributed by atoms with Gasteiger partial charge in [0.2, 0.25) is 5.76 Å². The molecule has 8 heteroatoms. The molecule has 0 saturated heterocycles. The topological polar surface area (TPSA) is 87.0 Å². The van der Waals surface area contributed by atoms with E-state index in [1.807, 2.05) is 0 Å². The van der Waals surface area contributed by atoms with Crippen LogP contribution in [0, 0.1) is 0 Å². The maximum Gasteiger partial charge on any atom is 0.375 e. The monoisotopic (exact) mass is 403 g/mol. The van der Waals surface area contributed by atoms with Crippen molar-refractivity contribution in [1.82, 2.24) is 0 Å². The normalized spacial score (nSPS) is 11.7. The van der Waals surface area contributed by atoms with Crippen molar-refractivity contribution in [1.29, 1.82) is 0 Å².